The van der Waals surface area contributed by atoms with Gasteiger partial charge in [-0.1, -0.05) is 64.3 Å². The van der Waals surface area contributed by atoms with Crippen molar-refractivity contribution in [3.8, 4) is 0 Å². The third-order valence-corrected chi connectivity index (χ3v) is 8.33. The van der Waals surface area contributed by atoms with Gasteiger partial charge in [-0.25, -0.2) is 13.6 Å². The molecule has 1 aliphatic carbocycles. The Morgan fingerprint density at radius 2 is 1.62 bits per heavy atom. The first-order valence-electron chi connectivity index (χ1n) is 16.3. The summed E-state index contributed by atoms with van der Waals surface area (Å²) in [5.41, 5.74) is 1.87. The van der Waals surface area contributed by atoms with Gasteiger partial charge in [0.2, 0.25) is 5.91 Å². The van der Waals surface area contributed by atoms with Gasteiger partial charge in [0.15, 0.2) is 0 Å². The molecule has 0 heterocycles. The van der Waals surface area contributed by atoms with Crippen LogP contribution in [0.25, 0.3) is 0 Å². The molecule has 2 aromatic rings. The molecular formula is C36H53F2N3O4. The minimum absolute atomic E-state index is 0.00716. The topological polar surface area (TPSA) is 99.7 Å². The maximum absolute atomic E-state index is 14.0. The third kappa shape index (κ3) is 12.0. The smallest absolute Gasteiger partial charge is 0.407 e. The van der Waals surface area contributed by atoms with E-state index >= 15 is 0 Å². The summed E-state index contributed by atoms with van der Waals surface area (Å²) in [5, 5.41) is 20.7. The fourth-order valence-electron chi connectivity index (χ4n) is 5.91. The standard InChI is InChI=1S/C36H53F2N3O4/c1-34(2,3)26-13-12-14-27(22-26)36(16-9-7-10-17-36)40-24-31(42)30(21-25-19-28(37)23-29(38)20-25)41-32(43)15-8-11-18-39-33(44)45-35(4,5)6/h12-14,19-20,22-23,30-31,40,42H,7-11,15-18,21,24H2,1-6H3,(H,39,44)(H,41,43)/t30-,31+/m0/s1. The van der Waals surface area contributed by atoms with Gasteiger partial charge < -0.3 is 25.8 Å². The first-order valence-corrected chi connectivity index (χ1v) is 16.3. The van der Waals surface area contributed by atoms with Crippen LogP contribution in [0.4, 0.5) is 13.6 Å². The second-order valence-corrected chi connectivity index (χ2v) is 14.5. The highest BCUT2D eigenvalue weighted by molar-refractivity contribution is 5.76. The van der Waals surface area contributed by atoms with Crippen molar-refractivity contribution in [1.82, 2.24) is 16.0 Å². The highest BCUT2D eigenvalue weighted by atomic mass is 19.1. The summed E-state index contributed by atoms with van der Waals surface area (Å²) in [5.74, 6) is -1.70. The van der Waals surface area contributed by atoms with E-state index in [1.165, 1.54) is 23.3 Å². The number of aliphatic hydroxyl groups is 1. The van der Waals surface area contributed by atoms with Gasteiger partial charge in [-0.15, -0.1) is 0 Å². The van der Waals surface area contributed by atoms with E-state index in [-0.39, 0.29) is 36.2 Å². The lowest BCUT2D eigenvalue weighted by Gasteiger charge is -2.41. The normalized spacial score (nSPS) is 16.5. The second-order valence-electron chi connectivity index (χ2n) is 14.5. The molecule has 1 fully saturated rings. The van der Waals surface area contributed by atoms with Crippen molar-refractivity contribution < 1.29 is 28.2 Å². The van der Waals surface area contributed by atoms with Crippen LogP contribution in [0.3, 0.4) is 0 Å². The molecule has 0 radical (unpaired) electrons. The highest BCUT2D eigenvalue weighted by Crippen LogP contribution is 2.38. The van der Waals surface area contributed by atoms with Crippen LogP contribution in [-0.4, -0.2) is 47.9 Å². The number of carbonyl (C=O) groups excluding carboxylic acids is 2. The zero-order valence-electron chi connectivity index (χ0n) is 27.9. The van der Waals surface area contributed by atoms with E-state index in [0.29, 0.717) is 24.9 Å². The molecule has 4 N–H and O–H groups in total. The van der Waals surface area contributed by atoms with E-state index < -0.39 is 35.5 Å². The molecule has 2 amide bonds. The number of nitrogens with one attached hydrogen (secondary N) is 3. The van der Waals surface area contributed by atoms with Gasteiger partial charge in [-0.2, -0.15) is 0 Å². The number of unbranched alkanes of at least 4 members (excludes halogenated alkanes) is 1. The van der Waals surface area contributed by atoms with Crippen molar-refractivity contribution in [3.63, 3.8) is 0 Å². The Morgan fingerprint density at radius 1 is 0.956 bits per heavy atom. The Labute approximate surface area is 267 Å². The molecule has 0 aromatic heterocycles. The lowest BCUT2D eigenvalue weighted by molar-refractivity contribution is -0.122. The van der Waals surface area contributed by atoms with Crippen LogP contribution in [0, 0.1) is 11.6 Å². The molecule has 9 heteroatoms. The number of aliphatic hydroxyl groups excluding tert-OH is 1. The first-order chi connectivity index (χ1) is 21.1. The lowest BCUT2D eigenvalue weighted by Crippen LogP contribution is -2.53. The summed E-state index contributed by atoms with van der Waals surface area (Å²) in [7, 11) is 0. The summed E-state index contributed by atoms with van der Waals surface area (Å²) in [6, 6.07) is 11.1. The zero-order valence-corrected chi connectivity index (χ0v) is 27.9. The van der Waals surface area contributed by atoms with Gasteiger partial charge in [0.1, 0.15) is 17.2 Å². The van der Waals surface area contributed by atoms with E-state index in [1.807, 2.05) is 0 Å². The first kappa shape index (κ1) is 36.4. The van der Waals surface area contributed by atoms with Gasteiger partial charge in [-0.3, -0.25) is 4.79 Å². The predicted molar refractivity (Wildman–Crippen MR) is 174 cm³/mol. The van der Waals surface area contributed by atoms with E-state index in [1.54, 1.807) is 20.8 Å². The largest absolute Gasteiger partial charge is 0.444 e. The van der Waals surface area contributed by atoms with Crippen molar-refractivity contribution >= 4 is 12.0 Å². The molecule has 45 heavy (non-hydrogen) atoms. The summed E-state index contributed by atoms with van der Waals surface area (Å²) in [4.78, 5) is 24.8. The van der Waals surface area contributed by atoms with Crippen molar-refractivity contribution in [2.24, 2.45) is 0 Å². The van der Waals surface area contributed by atoms with Crippen LogP contribution >= 0.6 is 0 Å². The molecular weight excluding hydrogens is 576 g/mol. The quantitative estimate of drug-likeness (QED) is 0.183. The number of benzene rings is 2. The van der Waals surface area contributed by atoms with E-state index in [0.717, 1.165) is 38.2 Å². The number of carbonyl (C=O) groups is 2. The summed E-state index contributed by atoms with van der Waals surface area (Å²) < 4.78 is 33.3. The van der Waals surface area contributed by atoms with Crippen molar-refractivity contribution in [3.05, 3.63) is 70.8 Å². The Bertz CT molecular complexity index is 1250. The highest BCUT2D eigenvalue weighted by Gasteiger charge is 2.35. The molecule has 7 nitrogen and oxygen atoms in total. The maximum Gasteiger partial charge on any atom is 0.407 e. The van der Waals surface area contributed by atoms with Crippen LogP contribution < -0.4 is 16.0 Å². The number of amides is 2. The molecule has 1 saturated carbocycles. The lowest BCUT2D eigenvalue weighted by atomic mass is 9.74. The minimum Gasteiger partial charge on any atom is -0.444 e. The summed E-state index contributed by atoms with van der Waals surface area (Å²) in [6.45, 7) is 12.5. The number of hydrogen-bond acceptors (Lipinski definition) is 5. The van der Waals surface area contributed by atoms with Gasteiger partial charge >= 0.3 is 6.09 Å². The monoisotopic (exact) mass is 629 g/mol. The molecule has 0 bridgehead atoms. The Balaban J connectivity index is 1.68. The number of halogens is 2. The third-order valence-electron chi connectivity index (χ3n) is 8.33. The minimum atomic E-state index is -1.02. The average molecular weight is 630 g/mol. The fourth-order valence-corrected chi connectivity index (χ4v) is 5.91. The molecule has 1 aliphatic rings. The molecule has 2 aromatic carbocycles. The number of hydrogen-bond donors (Lipinski definition) is 4. The molecule has 0 spiro atoms. The number of rotatable bonds is 13. The summed E-state index contributed by atoms with van der Waals surface area (Å²) >= 11 is 0. The van der Waals surface area contributed by atoms with Gasteiger partial charge in [0.25, 0.3) is 0 Å². The van der Waals surface area contributed by atoms with Crippen LogP contribution in [0.5, 0.6) is 0 Å². The van der Waals surface area contributed by atoms with Gasteiger partial charge in [-0.05, 0) is 87.1 Å². The van der Waals surface area contributed by atoms with Gasteiger partial charge in [0, 0.05) is 31.1 Å². The van der Waals surface area contributed by atoms with Gasteiger partial charge in [0.05, 0.1) is 12.1 Å². The van der Waals surface area contributed by atoms with E-state index in [9.17, 15) is 23.5 Å². The number of alkyl carbamates (subject to hydrolysis) is 1. The van der Waals surface area contributed by atoms with Crippen LogP contribution in [-0.2, 0) is 26.9 Å². The van der Waals surface area contributed by atoms with E-state index in [4.69, 9.17) is 4.74 Å². The average Bonchev–Trinajstić information content (AvgIpc) is 2.94. The Hall–Kier alpha value is -3.04. The SMILES string of the molecule is CC(C)(C)OC(=O)NCCCCC(=O)N[C@@H](Cc1cc(F)cc(F)c1)[C@H](O)CNC1(c2cccc(C(C)(C)C)c2)CCCCC1. The van der Waals surface area contributed by atoms with Crippen LogP contribution in [0.2, 0.25) is 0 Å². The molecule has 0 unspecified atom stereocenters. The Kier molecular flexibility index (Phi) is 12.9. The van der Waals surface area contributed by atoms with Crippen LogP contribution in [0.1, 0.15) is 110 Å². The maximum atomic E-state index is 14.0. The van der Waals surface area contributed by atoms with Crippen LogP contribution in [0.15, 0.2) is 42.5 Å². The van der Waals surface area contributed by atoms with E-state index in [2.05, 4.69) is 61.0 Å². The summed E-state index contributed by atoms with van der Waals surface area (Å²) in [6.07, 6.45) is 4.92. The van der Waals surface area contributed by atoms with Crippen molar-refractivity contribution in [2.75, 3.05) is 13.1 Å². The second kappa shape index (κ2) is 16.0. The molecule has 0 aliphatic heterocycles. The molecule has 2 atom stereocenters. The zero-order chi connectivity index (χ0) is 33.3. The van der Waals surface area contributed by atoms with Crippen molar-refractivity contribution in [2.45, 2.75) is 128 Å². The molecule has 0 saturated heterocycles. The molecule has 250 valence electrons. The fraction of sp³-hybridized carbons (Fsp3) is 0.611. The molecule has 3 rings (SSSR count). The predicted octanol–water partition coefficient (Wildman–Crippen LogP) is 6.79. The number of ether oxygens (including phenoxy) is 1. The Morgan fingerprint density at radius 3 is 2.24 bits per heavy atom. The van der Waals surface area contributed by atoms with Crippen molar-refractivity contribution in [1.29, 1.82) is 0 Å².